The second kappa shape index (κ2) is 7.62. The monoisotopic (exact) mass is 380 g/mol. The number of rotatable bonds is 5. The Bertz CT molecular complexity index is 828. The minimum absolute atomic E-state index is 0. The lowest BCUT2D eigenvalue weighted by Crippen LogP contribution is -2.45. The van der Waals surface area contributed by atoms with Crippen molar-refractivity contribution in [2.24, 2.45) is 5.92 Å². The number of nitrogens with zero attached hydrogens (tertiary/aromatic N) is 1. The van der Waals surface area contributed by atoms with Crippen LogP contribution in [0.5, 0.6) is 0 Å². The third kappa shape index (κ3) is 4.17. The molecule has 0 radical (unpaired) electrons. The third-order valence-electron chi connectivity index (χ3n) is 5.20. The average Bonchev–Trinajstić information content (AvgIpc) is 3.44. The second-order valence-electron chi connectivity index (χ2n) is 7.04. The van der Waals surface area contributed by atoms with Crippen LogP contribution in [0.25, 0.3) is 10.8 Å². The van der Waals surface area contributed by atoms with Crippen LogP contribution >= 0.6 is 12.4 Å². The van der Waals surface area contributed by atoms with E-state index in [-0.39, 0.29) is 12.4 Å². The molecule has 0 spiro atoms. The van der Waals surface area contributed by atoms with E-state index in [0.717, 1.165) is 36.1 Å². The SMILES string of the molecule is Cl.O=S(=O)(c1ccc2ccccc2c1)N1CCC(NCC2CC2)CC1. The second-order valence-corrected chi connectivity index (χ2v) is 8.98. The first-order valence-electron chi connectivity index (χ1n) is 8.85. The summed E-state index contributed by atoms with van der Waals surface area (Å²) in [6.45, 7) is 2.32. The molecular weight excluding hydrogens is 356 g/mol. The Kier molecular flexibility index (Phi) is 5.68. The Morgan fingerprint density at radius 3 is 2.32 bits per heavy atom. The van der Waals surface area contributed by atoms with E-state index >= 15 is 0 Å². The molecule has 0 amide bonds. The first-order chi connectivity index (χ1) is 11.6. The molecule has 0 atom stereocenters. The maximum Gasteiger partial charge on any atom is 0.243 e. The first-order valence-corrected chi connectivity index (χ1v) is 10.3. The van der Waals surface area contributed by atoms with Gasteiger partial charge in [-0.25, -0.2) is 8.42 Å². The van der Waals surface area contributed by atoms with Crippen molar-refractivity contribution >= 4 is 33.2 Å². The van der Waals surface area contributed by atoms with Crippen LogP contribution in [0, 0.1) is 5.92 Å². The largest absolute Gasteiger partial charge is 0.314 e. The van der Waals surface area contributed by atoms with Gasteiger partial charge in [0.05, 0.1) is 4.90 Å². The number of hydrogen-bond donors (Lipinski definition) is 1. The normalized spacial score (nSPS) is 19.7. The molecule has 0 bridgehead atoms. The van der Waals surface area contributed by atoms with Gasteiger partial charge in [-0.1, -0.05) is 30.3 Å². The molecule has 6 heteroatoms. The number of fused-ring (bicyclic) bond motifs is 1. The zero-order chi connectivity index (χ0) is 16.6. The van der Waals surface area contributed by atoms with E-state index < -0.39 is 10.0 Å². The van der Waals surface area contributed by atoms with Gasteiger partial charge < -0.3 is 5.32 Å². The zero-order valence-electron chi connectivity index (χ0n) is 14.2. The van der Waals surface area contributed by atoms with E-state index in [0.29, 0.717) is 24.0 Å². The highest BCUT2D eigenvalue weighted by Gasteiger charge is 2.30. The molecule has 1 N–H and O–H groups in total. The van der Waals surface area contributed by atoms with Gasteiger partial charge in [-0.2, -0.15) is 4.31 Å². The highest BCUT2D eigenvalue weighted by atomic mass is 35.5. The van der Waals surface area contributed by atoms with Crippen LogP contribution in [0.15, 0.2) is 47.4 Å². The van der Waals surface area contributed by atoms with Crippen LogP contribution < -0.4 is 5.32 Å². The number of halogens is 1. The fraction of sp³-hybridized carbons (Fsp3) is 0.474. The van der Waals surface area contributed by atoms with Crippen LogP contribution in [0.1, 0.15) is 25.7 Å². The van der Waals surface area contributed by atoms with Crippen molar-refractivity contribution in [3.8, 4) is 0 Å². The molecule has 2 fully saturated rings. The van der Waals surface area contributed by atoms with Gasteiger partial charge >= 0.3 is 0 Å². The van der Waals surface area contributed by atoms with Crippen molar-refractivity contribution in [3.05, 3.63) is 42.5 Å². The van der Waals surface area contributed by atoms with E-state index in [1.54, 1.807) is 16.4 Å². The molecular formula is C19H25ClN2O2S. The number of benzene rings is 2. The summed E-state index contributed by atoms with van der Waals surface area (Å²) in [5.41, 5.74) is 0. The Balaban J connectivity index is 0.00000182. The van der Waals surface area contributed by atoms with Gasteiger partial charge in [-0.15, -0.1) is 12.4 Å². The van der Waals surface area contributed by atoms with Crippen LogP contribution in [-0.2, 0) is 10.0 Å². The summed E-state index contributed by atoms with van der Waals surface area (Å²) < 4.78 is 27.5. The molecule has 1 aliphatic heterocycles. The molecule has 4 rings (SSSR count). The van der Waals surface area contributed by atoms with Crippen molar-refractivity contribution in [2.75, 3.05) is 19.6 Å². The van der Waals surface area contributed by atoms with Gasteiger partial charge in [-0.3, -0.25) is 0 Å². The fourth-order valence-electron chi connectivity index (χ4n) is 3.43. The summed E-state index contributed by atoms with van der Waals surface area (Å²) in [6.07, 6.45) is 4.50. The molecule has 1 heterocycles. The molecule has 0 unspecified atom stereocenters. The van der Waals surface area contributed by atoms with Crippen molar-refractivity contribution in [3.63, 3.8) is 0 Å². The molecule has 25 heavy (non-hydrogen) atoms. The van der Waals surface area contributed by atoms with E-state index in [1.165, 1.54) is 12.8 Å². The summed E-state index contributed by atoms with van der Waals surface area (Å²) in [7, 11) is -3.39. The number of nitrogens with one attached hydrogen (secondary N) is 1. The predicted molar refractivity (Wildman–Crippen MR) is 104 cm³/mol. The van der Waals surface area contributed by atoms with E-state index in [4.69, 9.17) is 0 Å². The lowest BCUT2D eigenvalue weighted by molar-refractivity contribution is 0.288. The van der Waals surface area contributed by atoms with Gasteiger partial charge in [0.25, 0.3) is 0 Å². The molecule has 1 aliphatic carbocycles. The van der Waals surface area contributed by atoms with Crippen LogP contribution in [-0.4, -0.2) is 38.4 Å². The predicted octanol–water partition coefficient (Wildman–Crippen LogP) is 3.41. The minimum Gasteiger partial charge on any atom is -0.314 e. The molecule has 1 saturated carbocycles. The maximum atomic E-state index is 12.9. The molecule has 2 aromatic rings. The van der Waals surface area contributed by atoms with Crippen LogP contribution in [0.3, 0.4) is 0 Å². The van der Waals surface area contributed by atoms with Gasteiger partial charge in [-0.05, 0) is 61.1 Å². The minimum atomic E-state index is -3.39. The third-order valence-corrected chi connectivity index (χ3v) is 7.10. The van der Waals surface area contributed by atoms with Gasteiger partial charge in [0.15, 0.2) is 0 Å². The Labute approximate surface area is 156 Å². The average molecular weight is 381 g/mol. The molecule has 136 valence electrons. The van der Waals surface area contributed by atoms with Crippen LogP contribution in [0.2, 0.25) is 0 Å². The number of piperidine rings is 1. The van der Waals surface area contributed by atoms with Crippen molar-refractivity contribution in [1.82, 2.24) is 9.62 Å². The maximum absolute atomic E-state index is 12.9. The van der Waals surface area contributed by atoms with Gasteiger partial charge in [0.2, 0.25) is 10.0 Å². The number of sulfonamides is 1. The quantitative estimate of drug-likeness (QED) is 0.864. The van der Waals surface area contributed by atoms with Gasteiger partial charge in [0, 0.05) is 19.1 Å². The van der Waals surface area contributed by atoms with Crippen LogP contribution in [0.4, 0.5) is 0 Å². The Hall–Kier alpha value is -1.14. The zero-order valence-corrected chi connectivity index (χ0v) is 15.9. The molecule has 2 aliphatic rings. The molecule has 0 aromatic heterocycles. The highest BCUT2D eigenvalue weighted by Crippen LogP contribution is 2.28. The summed E-state index contributed by atoms with van der Waals surface area (Å²) >= 11 is 0. The molecule has 2 aromatic carbocycles. The van der Waals surface area contributed by atoms with E-state index in [1.807, 2.05) is 30.3 Å². The topological polar surface area (TPSA) is 49.4 Å². The van der Waals surface area contributed by atoms with Gasteiger partial charge in [0.1, 0.15) is 0 Å². The Morgan fingerprint density at radius 1 is 0.960 bits per heavy atom. The van der Waals surface area contributed by atoms with E-state index in [9.17, 15) is 8.42 Å². The summed E-state index contributed by atoms with van der Waals surface area (Å²) in [5, 5.41) is 5.64. The summed E-state index contributed by atoms with van der Waals surface area (Å²) in [5.74, 6) is 0.865. The fourth-order valence-corrected chi connectivity index (χ4v) is 4.94. The van der Waals surface area contributed by atoms with E-state index in [2.05, 4.69) is 5.32 Å². The van der Waals surface area contributed by atoms with Crippen molar-refractivity contribution in [1.29, 1.82) is 0 Å². The first kappa shape index (κ1) is 18.6. The summed E-state index contributed by atoms with van der Waals surface area (Å²) in [4.78, 5) is 0.408. The lowest BCUT2D eigenvalue weighted by Gasteiger charge is -2.31. The Morgan fingerprint density at radius 2 is 1.64 bits per heavy atom. The standard InChI is InChI=1S/C19H24N2O2S.ClH/c22-24(23,19-8-7-16-3-1-2-4-17(16)13-19)21-11-9-18(10-12-21)20-14-15-5-6-15;/h1-4,7-8,13,15,18,20H,5-6,9-12,14H2;1H. The number of hydrogen-bond acceptors (Lipinski definition) is 3. The lowest BCUT2D eigenvalue weighted by atomic mass is 10.1. The molecule has 1 saturated heterocycles. The smallest absolute Gasteiger partial charge is 0.243 e. The van der Waals surface area contributed by atoms with Crippen molar-refractivity contribution in [2.45, 2.75) is 36.6 Å². The summed E-state index contributed by atoms with van der Waals surface area (Å²) in [6, 6.07) is 13.8. The van der Waals surface area contributed by atoms with Crippen molar-refractivity contribution < 1.29 is 8.42 Å². The molecule has 4 nitrogen and oxygen atoms in total. The highest BCUT2D eigenvalue weighted by molar-refractivity contribution is 7.89.